The molecule has 100 valence electrons. The van der Waals surface area contributed by atoms with Crippen molar-refractivity contribution in [1.29, 1.82) is 0 Å². The summed E-state index contributed by atoms with van der Waals surface area (Å²) in [5.74, 6) is 0.499. The van der Waals surface area contributed by atoms with Crippen molar-refractivity contribution in [2.75, 3.05) is 17.7 Å². The molecular formula is C14H12N4OS. The van der Waals surface area contributed by atoms with Crippen LogP contribution < -0.4 is 10.6 Å². The van der Waals surface area contributed by atoms with E-state index in [1.807, 2.05) is 24.3 Å². The SMILES string of the molecule is CN(C(=O)c1ccc2nc(N)sc2c1)c1ccccn1. The van der Waals surface area contributed by atoms with Gasteiger partial charge in [-0.2, -0.15) is 0 Å². The summed E-state index contributed by atoms with van der Waals surface area (Å²) in [6.07, 6.45) is 1.66. The van der Waals surface area contributed by atoms with Gasteiger partial charge >= 0.3 is 0 Å². The van der Waals surface area contributed by atoms with Crippen molar-refractivity contribution in [3.63, 3.8) is 0 Å². The highest BCUT2D eigenvalue weighted by atomic mass is 32.1. The Labute approximate surface area is 119 Å². The number of aromatic nitrogens is 2. The van der Waals surface area contributed by atoms with Crippen LogP contribution in [0, 0.1) is 0 Å². The predicted octanol–water partition coefficient (Wildman–Crippen LogP) is 2.55. The van der Waals surface area contributed by atoms with E-state index in [0.29, 0.717) is 16.5 Å². The second-order valence-corrected chi connectivity index (χ2v) is 5.35. The number of nitrogens with two attached hydrogens (primary N) is 1. The summed E-state index contributed by atoms with van der Waals surface area (Å²) in [5, 5.41) is 0.502. The molecule has 0 atom stereocenters. The first-order chi connectivity index (χ1) is 9.65. The molecule has 0 spiro atoms. The van der Waals surface area contributed by atoms with Crippen LogP contribution in [0.2, 0.25) is 0 Å². The molecule has 3 rings (SSSR count). The standard InChI is InChI=1S/C14H12N4OS/c1-18(12-4-2-3-7-16-12)13(19)9-5-6-10-11(8-9)20-14(15)17-10/h2-8H,1H3,(H2,15,17). The van der Waals surface area contributed by atoms with Crippen molar-refractivity contribution >= 4 is 38.4 Å². The largest absolute Gasteiger partial charge is 0.375 e. The number of hydrogen-bond donors (Lipinski definition) is 1. The summed E-state index contributed by atoms with van der Waals surface area (Å²) in [6.45, 7) is 0. The summed E-state index contributed by atoms with van der Waals surface area (Å²) in [7, 11) is 1.70. The fourth-order valence-electron chi connectivity index (χ4n) is 1.93. The van der Waals surface area contributed by atoms with Gasteiger partial charge in [0.15, 0.2) is 5.13 Å². The molecule has 20 heavy (non-hydrogen) atoms. The van der Waals surface area contributed by atoms with Gasteiger partial charge in [-0.15, -0.1) is 0 Å². The minimum atomic E-state index is -0.113. The van der Waals surface area contributed by atoms with E-state index in [9.17, 15) is 4.79 Å². The third-order valence-electron chi connectivity index (χ3n) is 2.95. The number of hydrogen-bond acceptors (Lipinski definition) is 5. The van der Waals surface area contributed by atoms with Gasteiger partial charge in [0.1, 0.15) is 5.82 Å². The molecule has 0 radical (unpaired) electrons. The Balaban J connectivity index is 1.95. The maximum absolute atomic E-state index is 12.4. The van der Waals surface area contributed by atoms with Gasteiger partial charge in [-0.3, -0.25) is 9.69 Å². The van der Waals surface area contributed by atoms with E-state index in [4.69, 9.17) is 5.73 Å². The van der Waals surface area contributed by atoms with Crippen LogP contribution in [0.4, 0.5) is 10.9 Å². The van der Waals surface area contributed by atoms with E-state index in [-0.39, 0.29) is 5.91 Å². The summed E-state index contributed by atoms with van der Waals surface area (Å²) in [5.41, 5.74) is 7.07. The van der Waals surface area contributed by atoms with Gasteiger partial charge < -0.3 is 5.73 Å². The van der Waals surface area contributed by atoms with Crippen molar-refractivity contribution in [2.24, 2.45) is 0 Å². The molecule has 0 unspecified atom stereocenters. The van der Waals surface area contributed by atoms with Gasteiger partial charge in [-0.1, -0.05) is 17.4 Å². The molecule has 6 heteroatoms. The number of nitrogen functional groups attached to an aromatic ring is 1. The summed E-state index contributed by atoms with van der Waals surface area (Å²) < 4.78 is 0.905. The Kier molecular flexibility index (Phi) is 3.08. The highest BCUT2D eigenvalue weighted by Crippen LogP contribution is 2.25. The fraction of sp³-hybridized carbons (Fsp3) is 0.0714. The average Bonchev–Trinajstić information content (AvgIpc) is 2.85. The zero-order valence-electron chi connectivity index (χ0n) is 10.8. The molecule has 1 aromatic carbocycles. The fourth-order valence-corrected chi connectivity index (χ4v) is 2.70. The molecule has 3 aromatic rings. The molecule has 2 N–H and O–H groups in total. The normalized spacial score (nSPS) is 10.7. The van der Waals surface area contributed by atoms with Gasteiger partial charge in [-0.25, -0.2) is 9.97 Å². The van der Waals surface area contributed by atoms with Crippen LogP contribution in [0.15, 0.2) is 42.6 Å². The molecule has 2 aromatic heterocycles. The maximum atomic E-state index is 12.4. The number of nitrogens with zero attached hydrogens (tertiary/aromatic N) is 3. The number of carbonyl (C=O) groups is 1. The van der Waals surface area contributed by atoms with Crippen molar-refractivity contribution in [2.45, 2.75) is 0 Å². The third kappa shape index (κ3) is 2.21. The first-order valence-corrected chi connectivity index (χ1v) is 6.82. The number of thiazole rings is 1. The van der Waals surface area contributed by atoms with E-state index in [1.165, 1.54) is 16.2 Å². The molecule has 1 amide bonds. The molecule has 0 saturated heterocycles. The number of carbonyl (C=O) groups excluding carboxylic acids is 1. The molecule has 0 aliphatic rings. The number of rotatable bonds is 2. The topological polar surface area (TPSA) is 72.1 Å². The summed E-state index contributed by atoms with van der Waals surface area (Å²) in [4.78, 5) is 22.3. The lowest BCUT2D eigenvalue weighted by molar-refractivity contribution is 0.0992. The Hall–Kier alpha value is -2.47. The Morgan fingerprint density at radius 3 is 2.90 bits per heavy atom. The lowest BCUT2D eigenvalue weighted by Gasteiger charge is -2.15. The monoisotopic (exact) mass is 284 g/mol. The molecule has 2 heterocycles. The minimum absolute atomic E-state index is 0.113. The van der Waals surface area contributed by atoms with Crippen molar-refractivity contribution < 1.29 is 4.79 Å². The Bertz CT molecular complexity index is 769. The van der Waals surface area contributed by atoms with Gasteiger partial charge in [-0.05, 0) is 30.3 Å². The average molecular weight is 284 g/mol. The highest BCUT2D eigenvalue weighted by Gasteiger charge is 2.15. The maximum Gasteiger partial charge on any atom is 0.259 e. The number of amides is 1. The Morgan fingerprint density at radius 1 is 1.30 bits per heavy atom. The first kappa shape index (κ1) is 12.6. The van der Waals surface area contributed by atoms with Gasteiger partial charge in [0, 0.05) is 18.8 Å². The van der Waals surface area contributed by atoms with Crippen LogP contribution in [-0.2, 0) is 0 Å². The number of pyridine rings is 1. The van der Waals surface area contributed by atoms with E-state index < -0.39 is 0 Å². The Morgan fingerprint density at radius 2 is 2.15 bits per heavy atom. The minimum Gasteiger partial charge on any atom is -0.375 e. The number of benzene rings is 1. The van der Waals surface area contributed by atoms with Crippen LogP contribution in [0.3, 0.4) is 0 Å². The van der Waals surface area contributed by atoms with Gasteiger partial charge in [0.25, 0.3) is 5.91 Å². The van der Waals surface area contributed by atoms with Crippen LogP contribution in [0.25, 0.3) is 10.2 Å². The molecule has 0 aliphatic carbocycles. The molecule has 0 fully saturated rings. The lowest BCUT2D eigenvalue weighted by Crippen LogP contribution is -2.26. The molecule has 0 bridgehead atoms. The van der Waals surface area contributed by atoms with Crippen LogP contribution in [-0.4, -0.2) is 22.9 Å². The van der Waals surface area contributed by atoms with Crippen molar-refractivity contribution in [1.82, 2.24) is 9.97 Å². The molecule has 0 aliphatic heterocycles. The number of fused-ring (bicyclic) bond motifs is 1. The zero-order valence-corrected chi connectivity index (χ0v) is 11.6. The second kappa shape index (κ2) is 4.90. The van der Waals surface area contributed by atoms with Crippen molar-refractivity contribution in [3.8, 4) is 0 Å². The van der Waals surface area contributed by atoms with Crippen LogP contribution in [0.1, 0.15) is 10.4 Å². The summed E-state index contributed by atoms with van der Waals surface area (Å²) >= 11 is 1.37. The molecule has 5 nitrogen and oxygen atoms in total. The lowest BCUT2D eigenvalue weighted by atomic mass is 10.2. The van der Waals surface area contributed by atoms with Crippen LogP contribution >= 0.6 is 11.3 Å². The highest BCUT2D eigenvalue weighted by molar-refractivity contribution is 7.22. The zero-order chi connectivity index (χ0) is 14.1. The van der Waals surface area contributed by atoms with E-state index >= 15 is 0 Å². The first-order valence-electron chi connectivity index (χ1n) is 6.00. The predicted molar refractivity (Wildman–Crippen MR) is 81.0 cm³/mol. The van der Waals surface area contributed by atoms with E-state index in [0.717, 1.165) is 10.2 Å². The number of anilines is 2. The van der Waals surface area contributed by atoms with Gasteiger partial charge in [0.05, 0.1) is 10.2 Å². The van der Waals surface area contributed by atoms with Gasteiger partial charge in [0.2, 0.25) is 0 Å². The van der Waals surface area contributed by atoms with E-state index in [2.05, 4.69) is 9.97 Å². The summed E-state index contributed by atoms with van der Waals surface area (Å²) in [6, 6.07) is 10.8. The molecule has 0 saturated carbocycles. The van der Waals surface area contributed by atoms with E-state index in [1.54, 1.807) is 25.4 Å². The molecular weight excluding hydrogens is 272 g/mol. The van der Waals surface area contributed by atoms with Crippen molar-refractivity contribution in [3.05, 3.63) is 48.2 Å². The second-order valence-electron chi connectivity index (χ2n) is 4.29. The smallest absolute Gasteiger partial charge is 0.259 e. The van der Waals surface area contributed by atoms with Crippen LogP contribution in [0.5, 0.6) is 0 Å². The quantitative estimate of drug-likeness (QED) is 0.785. The third-order valence-corrected chi connectivity index (χ3v) is 3.80.